The third-order valence-corrected chi connectivity index (χ3v) is 4.12. The lowest BCUT2D eigenvalue weighted by Crippen LogP contribution is -2.03. The second-order valence-electron chi connectivity index (χ2n) is 4.22. The minimum Gasteiger partial charge on any atom is -0.373 e. The highest BCUT2D eigenvalue weighted by molar-refractivity contribution is 7.98. The second-order valence-corrected chi connectivity index (χ2v) is 5.64. The van der Waals surface area contributed by atoms with E-state index >= 15 is 0 Å². The van der Waals surface area contributed by atoms with Crippen LogP contribution in [0.1, 0.15) is 11.3 Å². The number of halogens is 2. The van der Waals surface area contributed by atoms with Crippen molar-refractivity contribution in [2.24, 2.45) is 0 Å². The maximum absolute atomic E-state index is 13.4. The van der Waals surface area contributed by atoms with Crippen LogP contribution < -0.4 is 5.32 Å². The van der Waals surface area contributed by atoms with Crippen LogP contribution in [0.15, 0.2) is 18.2 Å². The van der Waals surface area contributed by atoms with Crippen molar-refractivity contribution >= 4 is 29.2 Å². The average Bonchev–Trinajstić information content (AvgIpc) is 2.84. The zero-order valence-electron chi connectivity index (χ0n) is 10.2. The number of fused-ring (bicyclic) bond motifs is 1. The summed E-state index contributed by atoms with van der Waals surface area (Å²) in [6, 6.07) is 4.34. The van der Waals surface area contributed by atoms with Gasteiger partial charge in [0.2, 0.25) is 0 Å². The molecule has 3 nitrogen and oxygen atoms in total. The van der Waals surface area contributed by atoms with Crippen molar-refractivity contribution in [1.29, 1.82) is 0 Å². The number of nitrogens with one attached hydrogen (secondary N) is 1. The first-order valence-corrected chi connectivity index (χ1v) is 7.32. The van der Waals surface area contributed by atoms with Gasteiger partial charge in [0.25, 0.3) is 0 Å². The van der Waals surface area contributed by atoms with E-state index < -0.39 is 0 Å². The van der Waals surface area contributed by atoms with Crippen LogP contribution in [0.4, 0.5) is 10.2 Å². The number of hydrogen-bond acceptors (Lipinski definition) is 4. The predicted octanol–water partition coefficient (Wildman–Crippen LogP) is 3.72. The van der Waals surface area contributed by atoms with Crippen molar-refractivity contribution in [2.75, 3.05) is 12.4 Å². The van der Waals surface area contributed by atoms with E-state index in [1.165, 1.54) is 12.1 Å². The summed E-state index contributed by atoms with van der Waals surface area (Å²) in [4.78, 5) is 8.97. The number of rotatable bonds is 2. The molecule has 1 aromatic carbocycles. The number of aromatic nitrogens is 2. The smallest absolute Gasteiger partial charge is 0.161 e. The summed E-state index contributed by atoms with van der Waals surface area (Å²) in [7, 11) is 1.83. The summed E-state index contributed by atoms with van der Waals surface area (Å²) in [5, 5.41) is 3.42. The van der Waals surface area contributed by atoms with E-state index in [9.17, 15) is 4.39 Å². The maximum Gasteiger partial charge on any atom is 0.161 e. The fourth-order valence-electron chi connectivity index (χ4n) is 2.07. The molecule has 1 aromatic heterocycles. The molecule has 0 radical (unpaired) electrons. The molecule has 19 heavy (non-hydrogen) atoms. The first-order valence-electron chi connectivity index (χ1n) is 5.79. The fourth-order valence-corrected chi connectivity index (χ4v) is 3.33. The number of anilines is 1. The monoisotopic (exact) mass is 295 g/mol. The number of benzene rings is 1. The van der Waals surface area contributed by atoms with Crippen LogP contribution in [0.5, 0.6) is 0 Å². The van der Waals surface area contributed by atoms with Crippen molar-refractivity contribution in [3.05, 3.63) is 40.3 Å². The zero-order valence-corrected chi connectivity index (χ0v) is 11.8. The van der Waals surface area contributed by atoms with Crippen LogP contribution in [0.3, 0.4) is 0 Å². The summed E-state index contributed by atoms with van der Waals surface area (Å²) < 4.78 is 13.4. The van der Waals surface area contributed by atoms with Crippen molar-refractivity contribution in [3.8, 4) is 11.4 Å². The second kappa shape index (κ2) is 4.98. The van der Waals surface area contributed by atoms with Crippen molar-refractivity contribution in [2.45, 2.75) is 11.5 Å². The van der Waals surface area contributed by atoms with Crippen molar-refractivity contribution in [3.63, 3.8) is 0 Å². The van der Waals surface area contributed by atoms with Gasteiger partial charge in [0.1, 0.15) is 11.6 Å². The Morgan fingerprint density at radius 2 is 2.11 bits per heavy atom. The summed E-state index contributed by atoms with van der Waals surface area (Å²) in [6.45, 7) is 0. The van der Waals surface area contributed by atoms with Gasteiger partial charge in [-0.2, -0.15) is 11.8 Å². The molecule has 0 fully saturated rings. The van der Waals surface area contributed by atoms with Crippen LogP contribution in [0.2, 0.25) is 5.02 Å². The Morgan fingerprint density at radius 3 is 2.84 bits per heavy atom. The maximum atomic E-state index is 13.4. The molecule has 0 atom stereocenters. The molecule has 0 saturated carbocycles. The van der Waals surface area contributed by atoms with E-state index in [0.29, 0.717) is 16.4 Å². The van der Waals surface area contributed by atoms with Gasteiger partial charge >= 0.3 is 0 Å². The first-order chi connectivity index (χ1) is 9.17. The minimum absolute atomic E-state index is 0.347. The summed E-state index contributed by atoms with van der Waals surface area (Å²) in [6.07, 6.45) is 0. The Hall–Kier alpha value is -1.33. The van der Waals surface area contributed by atoms with Crippen LogP contribution in [-0.2, 0) is 11.5 Å². The van der Waals surface area contributed by atoms with Crippen molar-refractivity contribution < 1.29 is 4.39 Å². The number of nitrogens with zero attached hydrogens (tertiary/aromatic N) is 2. The van der Waals surface area contributed by atoms with Gasteiger partial charge in [0, 0.05) is 34.7 Å². The topological polar surface area (TPSA) is 37.8 Å². The molecule has 0 unspecified atom stereocenters. The highest BCUT2D eigenvalue weighted by Gasteiger charge is 2.20. The van der Waals surface area contributed by atoms with E-state index in [2.05, 4.69) is 15.3 Å². The quantitative estimate of drug-likeness (QED) is 0.916. The van der Waals surface area contributed by atoms with Gasteiger partial charge < -0.3 is 5.32 Å². The summed E-state index contributed by atoms with van der Waals surface area (Å²) >= 11 is 7.68. The largest absolute Gasteiger partial charge is 0.373 e. The third kappa shape index (κ3) is 2.40. The van der Waals surface area contributed by atoms with E-state index in [4.69, 9.17) is 11.6 Å². The predicted molar refractivity (Wildman–Crippen MR) is 77.0 cm³/mol. The molecule has 1 aliphatic rings. The SMILES string of the molecule is CNc1nc(-c2cc(F)cc(Cl)c2)nc2c1CSC2. The molecule has 98 valence electrons. The van der Waals surface area contributed by atoms with Crippen LogP contribution in [-0.4, -0.2) is 17.0 Å². The van der Waals surface area contributed by atoms with E-state index in [1.54, 1.807) is 17.8 Å². The van der Waals surface area contributed by atoms with E-state index in [-0.39, 0.29) is 5.82 Å². The van der Waals surface area contributed by atoms with Gasteiger partial charge in [0.15, 0.2) is 5.82 Å². The molecule has 6 heteroatoms. The van der Waals surface area contributed by atoms with Crippen molar-refractivity contribution in [1.82, 2.24) is 9.97 Å². The summed E-state index contributed by atoms with van der Waals surface area (Å²) in [5.41, 5.74) is 2.75. The van der Waals surface area contributed by atoms with Gasteiger partial charge in [-0.15, -0.1) is 0 Å². The molecule has 0 amide bonds. The van der Waals surface area contributed by atoms with Gasteiger partial charge in [-0.1, -0.05) is 11.6 Å². The highest BCUT2D eigenvalue weighted by Crippen LogP contribution is 2.34. The zero-order chi connectivity index (χ0) is 13.4. The fraction of sp³-hybridized carbons (Fsp3) is 0.231. The lowest BCUT2D eigenvalue weighted by atomic mass is 10.2. The van der Waals surface area contributed by atoms with Crippen LogP contribution in [0, 0.1) is 5.82 Å². The lowest BCUT2D eigenvalue weighted by Gasteiger charge is -2.09. The lowest BCUT2D eigenvalue weighted by molar-refractivity contribution is 0.628. The highest BCUT2D eigenvalue weighted by atomic mass is 35.5. The van der Waals surface area contributed by atoms with E-state index in [1.807, 2.05) is 7.05 Å². The molecule has 0 spiro atoms. The minimum atomic E-state index is -0.382. The Balaban J connectivity index is 2.15. The van der Waals surface area contributed by atoms with E-state index in [0.717, 1.165) is 28.6 Å². The summed E-state index contributed by atoms with van der Waals surface area (Å²) in [5.74, 6) is 2.71. The Bertz CT molecular complexity index is 628. The molecule has 2 heterocycles. The molecular weight excluding hydrogens is 285 g/mol. The third-order valence-electron chi connectivity index (χ3n) is 2.94. The first kappa shape index (κ1) is 12.7. The molecule has 2 aromatic rings. The molecule has 0 bridgehead atoms. The van der Waals surface area contributed by atoms with Crippen LogP contribution in [0.25, 0.3) is 11.4 Å². The average molecular weight is 296 g/mol. The Kier molecular flexibility index (Phi) is 3.33. The molecule has 0 aliphatic carbocycles. The Labute approximate surface area is 119 Å². The molecule has 1 aliphatic heterocycles. The van der Waals surface area contributed by atoms with Gasteiger partial charge in [0.05, 0.1) is 5.69 Å². The van der Waals surface area contributed by atoms with Gasteiger partial charge in [-0.25, -0.2) is 14.4 Å². The molecule has 0 saturated heterocycles. The van der Waals surface area contributed by atoms with Crippen LogP contribution >= 0.6 is 23.4 Å². The van der Waals surface area contributed by atoms with Gasteiger partial charge in [-0.3, -0.25) is 0 Å². The molecular formula is C13H11ClFN3S. The number of thioether (sulfide) groups is 1. The molecule has 3 rings (SSSR count). The standard InChI is InChI=1S/C13H11ClFN3S/c1-16-13-10-5-19-6-11(10)17-12(18-13)7-2-8(14)4-9(15)3-7/h2-4H,5-6H2,1H3,(H,16,17,18). The normalized spacial score (nSPS) is 13.4. The Morgan fingerprint density at radius 1 is 1.26 bits per heavy atom. The van der Waals surface area contributed by atoms with Gasteiger partial charge in [-0.05, 0) is 18.2 Å². The molecule has 1 N–H and O–H groups in total. The number of hydrogen-bond donors (Lipinski definition) is 1.